The smallest absolute Gasteiger partial charge is 0.337 e. The van der Waals surface area contributed by atoms with Gasteiger partial charge >= 0.3 is 5.97 Å². The quantitative estimate of drug-likeness (QED) is 0.888. The summed E-state index contributed by atoms with van der Waals surface area (Å²) in [7, 11) is 0. The van der Waals surface area contributed by atoms with Gasteiger partial charge in [0.1, 0.15) is 0 Å². The molecule has 1 N–H and O–H groups in total. The second kappa shape index (κ2) is 5.44. The maximum atomic E-state index is 11.4. The van der Waals surface area contributed by atoms with Crippen LogP contribution in [-0.2, 0) is 0 Å². The maximum absolute atomic E-state index is 11.4. The minimum atomic E-state index is -0.917. The summed E-state index contributed by atoms with van der Waals surface area (Å²) in [6.07, 6.45) is 6.06. The predicted octanol–water partition coefficient (Wildman–Crippen LogP) is 4.53. The normalized spacial score (nSPS) is 17.1. The third-order valence-corrected chi connectivity index (χ3v) is 4.06. The third-order valence-electron chi connectivity index (χ3n) is 3.18. The molecule has 1 aromatic rings. The lowest BCUT2D eigenvalue weighted by atomic mass is 9.92. The number of pyridine rings is 1. The average Bonchev–Trinajstić information content (AvgIpc) is 2.36. The SMILES string of the molecule is CC(C)c1ncc(C2=CC(C)(C)C=CS2)cc1C(=O)O. The Bertz CT molecular complexity index is 600. The van der Waals surface area contributed by atoms with Crippen LogP contribution in [0.3, 0.4) is 0 Å². The van der Waals surface area contributed by atoms with E-state index >= 15 is 0 Å². The van der Waals surface area contributed by atoms with Gasteiger partial charge in [0.2, 0.25) is 0 Å². The van der Waals surface area contributed by atoms with E-state index in [1.807, 2.05) is 19.3 Å². The van der Waals surface area contributed by atoms with Crippen molar-refractivity contribution in [2.24, 2.45) is 5.41 Å². The zero-order valence-electron chi connectivity index (χ0n) is 12.2. The lowest BCUT2D eigenvalue weighted by molar-refractivity contribution is 0.0694. The maximum Gasteiger partial charge on any atom is 0.337 e. The summed E-state index contributed by atoms with van der Waals surface area (Å²) in [4.78, 5) is 16.8. The second-order valence-corrected chi connectivity index (χ2v) is 6.81. The van der Waals surface area contributed by atoms with Gasteiger partial charge in [-0.1, -0.05) is 51.6 Å². The first kappa shape index (κ1) is 14.9. The lowest BCUT2D eigenvalue weighted by Crippen LogP contribution is -2.09. The molecule has 0 bridgehead atoms. The van der Waals surface area contributed by atoms with E-state index in [-0.39, 0.29) is 11.3 Å². The molecule has 0 saturated heterocycles. The molecule has 0 fully saturated rings. The van der Waals surface area contributed by atoms with E-state index in [0.29, 0.717) is 11.3 Å². The molecule has 0 radical (unpaired) electrons. The first-order valence-corrected chi connectivity index (χ1v) is 7.49. The van der Waals surface area contributed by atoms with Crippen molar-refractivity contribution in [1.29, 1.82) is 0 Å². The fourth-order valence-corrected chi connectivity index (χ4v) is 3.28. The molecular formula is C16H19NO2S. The third kappa shape index (κ3) is 3.12. The molecule has 1 aliphatic heterocycles. The summed E-state index contributed by atoms with van der Waals surface area (Å²) in [5.41, 5.74) is 1.79. The Kier molecular flexibility index (Phi) is 4.04. The minimum Gasteiger partial charge on any atom is -0.478 e. The van der Waals surface area contributed by atoms with Crippen molar-refractivity contribution < 1.29 is 9.90 Å². The average molecular weight is 289 g/mol. The predicted molar refractivity (Wildman–Crippen MR) is 83.8 cm³/mol. The van der Waals surface area contributed by atoms with Gasteiger partial charge in [-0.15, -0.1) is 0 Å². The van der Waals surface area contributed by atoms with Gasteiger partial charge < -0.3 is 5.11 Å². The number of hydrogen-bond acceptors (Lipinski definition) is 3. The number of carboxylic acid groups (broad SMARTS) is 1. The topological polar surface area (TPSA) is 50.2 Å². The van der Waals surface area contributed by atoms with Crippen molar-refractivity contribution in [3.05, 3.63) is 46.6 Å². The number of carbonyl (C=O) groups is 1. The van der Waals surface area contributed by atoms with Crippen molar-refractivity contribution >= 4 is 22.6 Å². The molecule has 2 rings (SSSR count). The molecule has 0 aromatic carbocycles. The molecule has 0 aliphatic carbocycles. The van der Waals surface area contributed by atoms with Crippen LogP contribution in [-0.4, -0.2) is 16.1 Å². The van der Waals surface area contributed by atoms with Crippen molar-refractivity contribution in [3.63, 3.8) is 0 Å². The highest BCUT2D eigenvalue weighted by Crippen LogP contribution is 2.39. The summed E-state index contributed by atoms with van der Waals surface area (Å²) in [6.45, 7) is 8.15. The van der Waals surface area contributed by atoms with Gasteiger partial charge in [0.25, 0.3) is 0 Å². The molecule has 0 unspecified atom stereocenters. The summed E-state index contributed by atoms with van der Waals surface area (Å²) in [5.74, 6) is -0.821. The number of thioether (sulfide) groups is 1. The van der Waals surface area contributed by atoms with Gasteiger partial charge in [0, 0.05) is 22.1 Å². The number of allylic oxidation sites excluding steroid dienone is 2. The van der Waals surface area contributed by atoms with Crippen LogP contribution in [0.2, 0.25) is 0 Å². The molecule has 0 saturated carbocycles. The van der Waals surface area contributed by atoms with Crippen LogP contribution in [0.1, 0.15) is 55.2 Å². The Morgan fingerprint density at radius 2 is 2.10 bits per heavy atom. The van der Waals surface area contributed by atoms with Gasteiger partial charge in [0.15, 0.2) is 0 Å². The lowest BCUT2D eigenvalue weighted by Gasteiger charge is -2.22. The van der Waals surface area contributed by atoms with Gasteiger partial charge in [-0.2, -0.15) is 0 Å². The Morgan fingerprint density at radius 1 is 1.40 bits per heavy atom. The monoisotopic (exact) mass is 289 g/mol. The molecule has 4 heteroatoms. The molecule has 0 atom stereocenters. The number of aromatic nitrogens is 1. The first-order chi connectivity index (χ1) is 9.30. The fourth-order valence-electron chi connectivity index (χ4n) is 2.10. The van der Waals surface area contributed by atoms with Crippen LogP contribution in [0.15, 0.2) is 29.8 Å². The number of rotatable bonds is 3. The molecule has 0 spiro atoms. The van der Waals surface area contributed by atoms with E-state index in [2.05, 4.69) is 31.0 Å². The van der Waals surface area contributed by atoms with Crippen LogP contribution >= 0.6 is 11.8 Å². The second-order valence-electron chi connectivity index (χ2n) is 5.87. The van der Waals surface area contributed by atoms with Crippen molar-refractivity contribution in [1.82, 2.24) is 4.98 Å². The largest absolute Gasteiger partial charge is 0.478 e. The molecule has 3 nitrogen and oxygen atoms in total. The van der Waals surface area contributed by atoms with Crippen LogP contribution in [0, 0.1) is 5.41 Å². The number of hydrogen-bond donors (Lipinski definition) is 1. The Balaban J connectivity index is 2.47. The van der Waals surface area contributed by atoms with E-state index in [1.54, 1.807) is 24.0 Å². The van der Waals surface area contributed by atoms with Crippen LogP contribution in [0.4, 0.5) is 0 Å². The van der Waals surface area contributed by atoms with Crippen molar-refractivity contribution in [2.45, 2.75) is 33.6 Å². The number of carboxylic acids is 1. The summed E-state index contributed by atoms with van der Waals surface area (Å²) in [6, 6.07) is 1.73. The highest BCUT2D eigenvalue weighted by atomic mass is 32.2. The van der Waals surface area contributed by atoms with Crippen molar-refractivity contribution in [2.75, 3.05) is 0 Å². The van der Waals surface area contributed by atoms with E-state index < -0.39 is 5.97 Å². The van der Waals surface area contributed by atoms with Gasteiger partial charge in [-0.25, -0.2) is 4.79 Å². The van der Waals surface area contributed by atoms with Gasteiger partial charge in [0.05, 0.1) is 11.3 Å². The highest BCUT2D eigenvalue weighted by Gasteiger charge is 2.20. The first-order valence-electron chi connectivity index (χ1n) is 6.61. The van der Waals surface area contributed by atoms with E-state index in [0.717, 1.165) is 10.5 Å². The summed E-state index contributed by atoms with van der Waals surface area (Å²) >= 11 is 1.60. The summed E-state index contributed by atoms with van der Waals surface area (Å²) < 4.78 is 0. The zero-order chi connectivity index (χ0) is 14.9. The standard InChI is InChI=1S/C16H19NO2S/c1-10(2)14-12(15(18)19)7-11(9-17-14)13-8-16(3,4)5-6-20-13/h5-10H,1-4H3,(H,18,19). The number of nitrogens with zero attached hydrogens (tertiary/aromatic N) is 1. The van der Waals surface area contributed by atoms with E-state index in [1.165, 1.54) is 0 Å². The molecule has 1 aliphatic rings. The van der Waals surface area contributed by atoms with Crippen LogP contribution in [0.5, 0.6) is 0 Å². The fraction of sp³-hybridized carbons (Fsp3) is 0.375. The van der Waals surface area contributed by atoms with Crippen LogP contribution < -0.4 is 0 Å². The Labute approximate surface area is 123 Å². The molecule has 2 heterocycles. The molecule has 0 amide bonds. The van der Waals surface area contributed by atoms with Gasteiger partial charge in [-0.3, -0.25) is 4.98 Å². The van der Waals surface area contributed by atoms with Gasteiger partial charge in [-0.05, 0) is 17.4 Å². The summed E-state index contributed by atoms with van der Waals surface area (Å²) in [5, 5.41) is 11.4. The van der Waals surface area contributed by atoms with Crippen molar-refractivity contribution in [3.8, 4) is 0 Å². The molecule has 20 heavy (non-hydrogen) atoms. The van der Waals surface area contributed by atoms with E-state index in [4.69, 9.17) is 0 Å². The molecule has 106 valence electrons. The number of aromatic carboxylic acids is 1. The zero-order valence-corrected chi connectivity index (χ0v) is 13.0. The Morgan fingerprint density at radius 3 is 2.65 bits per heavy atom. The molecule has 1 aromatic heterocycles. The van der Waals surface area contributed by atoms with Crippen LogP contribution in [0.25, 0.3) is 4.91 Å². The van der Waals surface area contributed by atoms with E-state index in [9.17, 15) is 9.90 Å². The Hall–Kier alpha value is -1.55. The minimum absolute atomic E-state index is 0.0132. The highest BCUT2D eigenvalue weighted by molar-refractivity contribution is 8.11. The molecular weight excluding hydrogens is 270 g/mol.